The van der Waals surface area contributed by atoms with Crippen molar-refractivity contribution in [3.8, 4) is 0 Å². The van der Waals surface area contributed by atoms with Crippen LogP contribution in [-0.2, 0) is 9.53 Å². The van der Waals surface area contributed by atoms with Gasteiger partial charge in [-0.15, -0.1) is 0 Å². The van der Waals surface area contributed by atoms with Gasteiger partial charge < -0.3 is 15.8 Å². The summed E-state index contributed by atoms with van der Waals surface area (Å²) >= 11 is 0. The standard InChI is InChI=1S/C13H24N2O2/c1-9-8-17-7-6-12(9)15-13(16)10-4-2-3-5-11(10)14/h9-12H,2-8,14H2,1H3,(H,15,16). The van der Waals surface area contributed by atoms with Gasteiger partial charge in [0.15, 0.2) is 0 Å². The van der Waals surface area contributed by atoms with Crippen molar-refractivity contribution in [2.45, 2.75) is 51.1 Å². The van der Waals surface area contributed by atoms with Gasteiger partial charge in [0.25, 0.3) is 0 Å². The fourth-order valence-corrected chi connectivity index (χ4v) is 2.87. The van der Waals surface area contributed by atoms with Crippen LogP contribution in [0.1, 0.15) is 39.0 Å². The predicted molar refractivity (Wildman–Crippen MR) is 66.5 cm³/mol. The minimum absolute atomic E-state index is 0.0267. The first-order chi connectivity index (χ1) is 8.18. The minimum Gasteiger partial charge on any atom is -0.381 e. The molecule has 2 rings (SSSR count). The average molecular weight is 240 g/mol. The highest BCUT2D eigenvalue weighted by atomic mass is 16.5. The summed E-state index contributed by atoms with van der Waals surface area (Å²) in [5.74, 6) is 0.599. The number of carbonyl (C=O) groups is 1. The van der Waals surface area contributed by atoms with Gasteiger partial charge in [0.1, 0.15) is 0 Å². The van der Waals surface area contributed by atoms with Gasteiger partial charge in [0, 0.05) is 18.7 Å². The first kappa shape index (κ1) is 12.8. The topological polar surface area (TPSA) is 64.3 Å². The Morgan fingerprint density at radius 2 is 2.06 bits per heavy atom. The van der Waals surface area contributed by atoms with Crippen LogP contribution in [0.5, 0.6) is 0 Å². The Morgan fingerprint density at radius 1 is 1.29 bits per heavy atom. The van der Waals surface area contributed by atoms with Crippen LogP contribution < -0.4 is 11.1 Å². The Labute approximate surface area is 103 Å². The molecule has 3 N–H and O–H groups in total. The summed E-state index contributed by atoms with van der Waals surface area (Å²) in [5, 5.41) is 3.17. The van der Waals surface area contributed by atoms with Crippen LogP contribution in [0.25, 0.3) is 0 Å². The van der Waals surface area contributed by atoms with Crippen molar-refractivity contribution < 1.29 is 9.53 Å². The lowest BCUT2D eigenvalue weighted by Crippen LogP contribution is -2.50. The Kier molecular flexibility index (Phi) is 4.40. The van der Waals surface area contributed by atoms with Crippen LogP contribution in [-0.4, -0.2) is 31.2 Å². The molecule has 4 heteroatoms. The molecule has 1 saturated carbocycles. The van der Waals surface area contributed by atoms with E-state index >= 15 is 0 Å². The molecule has 1 aliphatic carbocycles. The van der Waals surface area contributed by atoms with Gasteiger partial charge >= 0.3 is 0 Å². The van der Waals surface area contributed by atoms with Gasteiger partial charge in [-0.1, -0.05) is 19.8 Å². The maximum atomic E-state index is 12.2. The number of carbonyl (C=O) groups excluding carboxylic acids is 1. The molecule has 0 aromatic carbocycles. The summed E-state index contributed by atoms with van der Waals surface area (Å²) in [6.07, 6.45) is 5.16. The van der Waals surface area contributed by atoms with E-state index in [1.165, 1.54) is 6.42 Å². The monoisotopic (exact) mass is 240 g/mol. The molecule has 98 valence electrons. The highest BCUT2D eigenvalue weighted by molar-refractivity contribution is 5.79. The fourth-order valence-electron chi connectivity index (χ4n) is 2.87. The van der Waals surface area contributed by atoms with Crippen molar-refractivity contribution >= 4 is 5.91 Å². The molecule has 1 saturated heterocycles. The minimum atomic E-state index is 0.0267. The van der Waals surface area contributed by atoms with E-state index in [0.29, 0.717) is 5.92 Å². The van der Waals surface area contributed by atoms with E-state index in [0.717, 1.165) is 38.9 Å². The Balaban J connectivity index is 1.86. The number of rotatable bonds is 2. The van der Waals surface area contributed by atoms with Gasteiger partial charge in [-0.2, -0.15) is 0 Å². The quantitative estimate of drug-likeness (QED) is 0.758. The molecule has 1 aliphatic heterocycles. The van der Waals surface area contributed by atoms with Crippen LogP contribution in [0.2, 0.25) is 0 Å². The Hall–Kier alpha value is -0.610. The molecule has 4 atom stereocenters. The van der Waals surface area contributed by atoms with Crippen LogP contribution >= 0.6 is 0 Å². The van der Waals surface area contributed by atoms with Crippen molar-refractivity contribution in [3.05, 3.63) is 0 Å². The van der Waals surface area contributed by atoms with E-state index < -0.39 is 0 Å². The van der Waals surface area contributed by atoms with E-state index in [4.69, 9.17) is 10.5 Å². The molecule has 0 spiro atoms. The first-order valence-electron chi connectivity index (χ1n) is 6.82. The zero-order valence-corrected chi connectivity index (χ0v) is 10.7. The molecule has 2 aliphatic rings. The molecule has 0 bridgehead atoms. The fraction of sp³-hybridized carbons (Fsp3) is 0.923. The van der Waals surface area contributed by atoms with Gasteiger partial charge in [0.2, 0.25) is 5.91 Å². The number of nitrogens with two attached hydrogens (primary N) is 1. The van der Waals surface area contributed by atoms with E-state index in [1.807, 2.05) is 0 Å². The van der Waals surface area contributed by atoms with Gasteiger partial charge in [-0.25, -0.2) is 0 Å². The molecule has 0 aromatic heterocycles. The summed E-state index contributed by atoms with van der Waals surface area (Å²) in [6, 6.07) is 0.323. The lowest BCUT2D eigenvalue weighted by Gasteiger charge is -2.33. The Bertz CT molecular complexity index is 270. The highest BCUT2D eigenvalue weighted by Crippen LogP contribution is 2.24. The molecule has 4 nitrogen and oxygen atoms in total. The molecular formula is C13H24N2O2. The lowest BCUT2D eigenvalue weighted by atomic mass is 9.84. The maximum absolute atomic E-state index is 12.2. The zero-order valence-electron chi connectivity index (χ0n) is 10.7. The second kappa shape index (κ2) is 5.83. The van der Waals surface area contributed by atoms with E-state index in [-0.39, 0.29) is 23.9 Å². The summed E-state index contributed by atoms with van der Waals surface area (Å²) in [6.45, 7) is 3.64. The number of nitrogens with one attached hydrogen (secondary N) is 1. The van der Waals surface area contributed by atoms with Crippen LogP contribution in [0.3, 0.4) is 0 Å². The van der Waals surface area contributed by atoms with Gasteiger partial charge in [0.05, 0.1) is 12.5 Å². The van der Waals surface area contributed by atoms with Crippen molar-refractivity contribution in [2.24, 2.45) is 17.6 Å². The molecular weight excluding hydrogens is 216 g/mol. The number of hydrogen-bond donors (Lipinski definition) is 2. The van der Waals surface area contributed by atoms with E-state index in [9.17, 15) is 4.79 Å². The number of hydrogen-bond acceptors (Lipinski definition) is 3. The lowest BCUT2D eigenvalue weighted by molar-refractivity contribution is -0.128. The first-order valence-corrected chi connectivity index (χ1v) is 6.82. The normalized spacial score (nSPS) is 38.7. The second-order valence-corrected chi connectivity index (χ2v) is 5.51. The molecule has 1 heterocycles. The highest BCUT2D eigenvalue weighted by Gasteiger charge is 2.31. The summed E-state index contributed by atoms with van der Waals surface area (Å²) in [4.78, 5) is 12.2. The predicted octanol–water partition coefficient (Wildman–Crippen LogP) is 1.05. The van der Waals surface area contributed by atoms with Crippen molar-refractivity contribution in [3.63, 3.8) is 0 Å². The van der Waals surface area contributed by atoms with Gasteiger partial charge in [-0.05, 0) is 25.2 Å². The SMILES string of the molecule is CC1COCCC1NC(=O)C1CCCCC1N. The molecule has 17 heavy (non-hydrogen) atoms. The van der Waals surface area contributed by atoms with Gasteiger partial charge in [-0.3, -0.25) is 4.79 Å². The van der Waals surface area contributed by atoms with Crippen LogP contribution in [0, 0.1) is 11.8 Å². The third-order valence-corrected chi connectivity index (χ3v) is 4.12. The molecule has 2 fully saturated rings. The van der Waals surface area contributed by atoms with Crippen LogP contribution in [0.15, 0.2) is 0 Å². The second-order valence-electron chi connectivity index (χ2n) is 5.51. The number of ether oxygens (including phenoxy) is 1. The molecule has 0 radical (unpaired) electrons. The summed E-state index contributed by atoms with van der Waals surface area (Å²) in [5.41, 5.74) is 6.03. The third kappa shape index (κ3) is 3.19. The molecule has 4 unspecified atom stereocenters. The molecule has 1 amide bonds. The average Bonchev–Trinajstić information content (AvgIpc) is 2.32. The summed E-state index contributed by atoms with van der Waals surface area (Å²) in [7, 11) is 0. The third-order valence-electron chi connectivity index (χ3n) is 4.12. The van der Waals surface area contributed by atoms with Crippen molar-refractivity contribution in [2.75, 3.05) is 13.2 Å². The molecule has 0 aromatic rings. The Morgan fingerprint density at radius 3 is 2.76 bits per heavy atom. The van der Waals surface area contributed by atoms with Crippen molar-refractivity contribution in [1.82, 2.24) is 5.32 Å². The van der Waals surface area contributed by atoms with Crippen LogP contribution in [0.4, 0.5) is 0 Å². The van der Waals surface area contributed by atoms with Crippen molar-refractivity contribution in [1.29, 1.82) is 0 Å². The number of amides is 1. The van der Waals surface area contributed by atoms with E-state index in [1.54, 1.807) is 0 Å². The maximum Gasteiger partial charge on any atom is 0.224 e. The van der Waals surface area contributed by atoms with E-state index in [2.05, 4.69) is 12.2 Å². The summed E-state index contributed by atoms with van der Waals surface area (Å²) < 4.78 is 5.38. The largest absolute Gasteiger partial charge is 0.381 e. The zero-order chi connectivity index (χ0) is 12.3. The smallest absolute Gasteiger partial charge is 0.224 e.